The Kier molecular flexibility index (Phi) is 4.30. The monoisotopic (exact) mass is 356 g/mol. The van der Waals surface area contributed by atoms with Crippen molar-refractivity contribution in [2.24, 2.45) is 5.92 Å². The summed E-state index contributed by atoms with van der Waals surface area (Å²) in [7, 11) is 0. The molecule has 4 rings (SSSR count). The quantitative estimate of drug-likeness (QED) is 0.510. The molecular formula is C21H18F2OS. The fourth-order valence-electron chi connectivity index (χ4n) is 2.74. The number of ether oxygens (including phenoxy) is 1. The maximum absolute atomic E-state index is 14.6. The molecule has 0 aliphatic heterocycles. The van der Waals surface area contributed by atoms with Crippen molar-refractivity contribution < 1.29 is 13.5 Å². The summed E-state index contributed by atoms with van der Waals surface area (Å²) in [6, 6.07) is 13.9. The van der Waals surface area contributed by atoms with Crippen molar-refractivity contribution in [2.45, 2.75) is 19.8 Å². The van der Waals surface area contributed by atoms with Crippen molar-refractivity contribution in [3.05, 3.63) is 65.7 Å². The average Bonchev–Trinajstić information content (AvgIpc) is 3.31. The van der Waals surface area contributed by atoms with Gasteiger partial charge in [-0.1, -0.05) is 41.2 Å². The van der Waals surface area contributed by atoms with E-state index in [4.69, 9.17) is 4.74 Å². The van der Waals surface area contributed by atoms with Crippen molar-refractivity contribution in [2.75, 3.05) is 6.61 Å². The molecule has 1 aliphatic carbocycles. The van der Waals surface area contributed by atoms with E-state index in [9.17, 15) is 8.78 Å². The maximum atomic E-state index is 14.6. The van der Waals surface area contributed by atoms with Gasteiger partial charge in [0.25, 0.3) is 0 Å². The molecule has 0 bridgehead atoms. The summed E-state index contributed by atoms with van der Waals surface area (Å²) in [6.45, 7) is 2.67. The van der Waals surface area contributed by atoms with Gasteiger partial charge in [-0.15, -0.1) is 0 Å². The van der Waals surface area contributed by atoms with E-state index in [-0.39, 0.29) is 5.56 Å². The Labute approximate surface area is 149 Å². The lowest BCUT2D eigenvalue weighted by Crippen LogP contribution is -1.96. The summed E-state index contributed by atoms with van der Waals surface area (Å²) in [5, 5.41) is 0.711. The maximum Gasteiger partial charge on any atom is 0.174 e. The van der Waals surface area contributed by atoms with Crippen LogP contribution in [0.1, 0.15) is 18.4 Å². The van der Waals surface area contributed by atoms with Gasteiger partial charge >= 0.3 is 0 Å². The zero-order chi connectivity index (χ0) is 17.4. The van der Waals surface area contributed by atoms with E-state index in [1.165, 1.54) is 36.3 Å². The zero-order valence-electron chi connectivity index (χ0n) is 13.9. The van der Waals surface area contributed by atoms with Gasteiger partial charge in [-0.3, -0.25) is 0 Å². The topological polar surface area (TPSA) is 9.23 Å². The highest BCUT2D eigenvalue weighted by Gasteiger charge is 2.22. The molecule has 1 aromatic heterocycles. The normalized spacial score (nSPS) is 13.9. The van der Waals surface area contributed by atoms with Crippen molar-refractivity contribution in [1.29, 1.82) is 0 Å². The van der Waals surface area contributed by atoms with Gasteiger partial charge < -0.3 is 4.74 Å². The molecule has 0 N–H and O–H groups in total. The molecule has 0 saturated heterocycles. The number of hydrogen-bond acceptors (Lipinski definition) is 2. The van der Waals surface area contributed by atoms with Crippen LogP contribution in [0, 0.1) is 24.5 Å². The molecule has 1 heterocycles. The molecular weight excluding hydrogens is 338 g/mol. The summed E-state index contributed by atoms with van der Waals surface area (Å²) < 4.78 is 34.9. The number of thiophene rings is 1. The van der Waals surface area contributed by atoms with E-state index in [0.29, 0.717) is 28.0 Å². The van der Waals surface area contributed by atoms with E-state index in [1.807, 2.05) is 31.2 Å². The van der Waals surface area contributed by atoms with Crippen molar-refractivity contribution in [1.82, 2.24) is 0 Å². The van der Waals surface area contributed by atoms with Gasteiger partial charge in [-0.25, -0.2) is 8.78 Å². The minimum absolute atomic E-state index is 0.0159. The Bertz CT molecular complexity index is 872. The van der Waals surface area contributed by atoms with Crippen molar-refractivity contribution in [3.8, 4) is 26.6 Å². The summed E-state index contributed by atoms with van der Waals surface area (Å²) >= 11 is 1.29. The van der Waals surface area contributed by atoms with E-state index in [0.717, 1.165) is 11.1 Å². The first-order chi connectivity index (χ1) is 12.1. The van der Waals surface area contributed by atoms with Crippen LogP contribution in [0.4, 0.5) is 8.78 Å². The molecule has 0 spiro atoms. The standard InChI is InChI=1S/C21H18F2OS/c1-13-2-6-15(7-3-13)16-10-17(22)21(18(23)11-16)19-8-9-20(25-19)24-12-14-4-5-14/h2-3,6-11,14H,4-5,12H2,1H3. The Balaban J connectivity index is 1.62. The fraction of sp³-hybridized carbons (Fsp3) is 0.238. The van der Waals surface area contributed by atoms with E-state index in [2.05, 4.69) is 0 Å². The summed E-state index contributed by atoms with van der Waals surface area (Å²) in [4.78, 5) is 0.552. The van der Waals surface area contributed by atoms with Gasteiger partial charge in [0.2, 0.25) is 0 Å². The minimum Gasteiger partial charge on any atom is -0.484 e. The van der Waals surface area contributed by atoms with Crippen LogP contribution in [0.2, 0.25) is 0 Å². The molecule has 1 fully saturated rings. The fourth-order valence-corrected chi connectivity index (χ4v) is 3.65. The van der Waals surface area contributed by atoms with Crippen LogP contribution >= 0.6 is 11.3 Å². The number of rotatable bonds is 5. The SMILES string of the molecule is Cc1ccc(-c2cc(F)c(-c3ccc(OCC4CC4)s3)c(F)c2)cc1. The van der Waals surface area contributed by atoms with Gasteiger partial charge in [-0.2, -0.15) is 0 Å². The van der Waals surface area contributed by atoms with Crippen molar-refractivity contribution in [3.63, 3.8) is 0 Å². The van der Waals surface area contributed by atoms with Crippen LogP contribution in [0.5, 0.6) is 5.06 Å². The summed E-state index contributed by atoms with van der Waals surface area (Å²) in [5.74, 6) is -0.454. The second-order valence-corrected chi connectivity index (χ2v) is 7.60. The molecule has 0 radical (unpaired) electrons. The second-order valence-electron chi connectivity index (χ2n) is 6.55. The molecule has 25 heavy (non-hydrogen) atoms. The highest BCUT2D eigenvalue weighted by molar-refractivity contribution is 7.17. The summed E-state index contributed by atoms with van der Waals surface area (Å²) in [6.07, 6.45) is 2.42. The highest BCUT2D eigenvalue weighted by Crippen LogP contribution is 2.38. The van der Waals surface area contributed by atoms with Gasteiger partial charge in [0, 0.05) is 4.88 Å². The van der Waals surface area contributed by atoms with Crippen LogP contribution in [0.3, 0.4) is 0 Å². The average molecular weight is 356 g/mol. The third-order valence-corrected chi connectivity index (χ3v) is 5.43. The Morgan fingerprint density at radius 2 is 1.64 bits per heavy atom. The van der Waals surface area contributed by atoms with Crippen LogP contribution < -0.4 is 4.74 Å². The molecule has 0 amide bonds. The largest absolute Gasteiger partial charge is 0.484 e. The van der Waals surface area contributed by atoms with Gasteiger partial charge in [0.05, 0.1) is 12.2 Å². The molecule has 0 atom stereocenters. The molecule has 1 saturated carbocycles. The van der Waals surface area contributed by atoms with E-state index >= 15 is 0 Å². The third kappa shape index (κ3) is 3.59. The first-order valence-electron chi connectivity index (χ1n) is 8.39. The lowest BCUT2D eigenvalue weighted by molar-refractivity contribution is 0.308. The first kappa shape index (κ1) is 16.3. The molecule has 3 aromatic rings. The number of benzene rings is 2. The molecule has 0 unspecified atom stereocenters. The molecule has 2 aromatic carbocycles. The highest BCUT2D eigenvalue weighted by atomic mass is 32.1. The van der Waals surface area contributed by atoms with Crippen LogP contribution in [-0.2, 0) is 0 Å². The van der Waals surface area contributed by atoms with Crippen molar-refractivity contribution >= 4 is 11.3 Å². The second kappa shape index (κ2) is 6.60. The number of hydrogen-bond donors (Lipinski definition) is 0. The zero-order valence-corrected chi connectivity index (χ0v) is 14.7. The predicted octanol–water partition coefficient (Wildman–Crippen LogP) is 6.46. The molecule has 1 nitrogen and oxygen atoms in total. The Morgan fingerprint density at radius 1 is 0.960 bits per heavy atom. The Hall–Kier alpha value is -2.20. The minimum atomic E-state index is -0.550. The molecule has 4 heteroatoms. The van der Waals surface area contributed by atoms with Gasteiger partial charge in [0.1, 0.15) is 11.6 Å². The smallest absolute Gasteiger partial charge is 0.174 e. The van der Waals surface area contributed by atoms with Gasteiger partial charge in [0.15, 0.2) is 5.06 Å². The lowest BCUT2D eigenvalue weighted by atomic mass is 10.0. The van der Waals surface area contributed by atoms with Crippen LogP contribution in [-0.4, -0.2) is 6.61 Å². The lowest BCUT2D eigenvalue weighted by Gasteiger charge is -2.08. The van der Waals surface area contributed by atoms with Crippen LogP contribution in [0.15, 0.2) is 48.5 Å². The molecule has 128 valence electrons. The van der Waals surface area contributed by atoms with Crippen LogP contribution in [0.25, 0.3) is 21.6 Å². The molecule has 1 aliphatic rings. The number of halogens is 2. The Morgan fingerprint density at radius 3 is 2.28 bits per heavy atom. The summed E-state index contributed by atoms with van der Waals surface area (Å²) in [5.41, 5.74) is 2.47. The van der Waals surface area contributed by atoms with E-state index < -0.39 is 11.6 Å². The predicted molar refractivity (Wildman–Crippen MR) is 98.1 cm³/mol. The number of aryl methyl sites for hydroxylation is 1. The van der Waals surface area contributed by atoms with E-state index in [1.54, 1.807) is 12.1 Å². The first-order valence-corrected chi connectivity index (χ1v) is 9.21. The third-order valence-electron chi connectivity index (χ3n) is 4.41. The van der Waals surface area contributed by atoms with Gasteiger partial charge in [-0.05, 0) is 61.1 Å².